The van der Waals surface area contributed by atoms with Crippen LogP contribution in [0.2, 0.25) is 0 Å². The van der Waals surface area contributed by atoms with Crippen LogP contribution in [0.5, 0.6) is 0 Å². The first-order valence-electron chi connectivity index (χ1n) is 10.6. The van der Waals surface area contributed by atoms with Crippen molar-refractivity contribution >= 4 is 5.78 Å². The minimum absolute atomic E-state index is 0.158. The molecule has 3 nitrogen and oxygen atoms in total. The van der Waals surface area contributed by atoms with Crippen molar-refractivity contribution in [1.82, 2.24) is 4.90 Å². The van der Waals surface area contributed by atoms with Crippen molar-refractivity contribution in [2.24, 2.45) is 0 Å². The van der Waals surface area contributed by atoms with E-state index in [-0.39, 0.29) is 5.78 Å². The molecule has 0 bridgehead atoms. The van der Waals surface area contributed by atoms with E-state index in [0.717, 1.165) is 29.8 Å². The van der Waals surface area contributed by atoms with E-state index in [1.165, 1.54) is 16.7 Å². The summed E-state index contributed by atoms with van der Waals surface area (Å²) < 4.78 is 5.43. The highest BCUT2D eigenvalue weighted by Gasteiger charge is 2.35. The van der Waals surface area contributed by atoms with Gasteiger partial charge >= 0.3 is 0 Å². The maximum Gasteiger partial charge on any atom is 0.182 e. The van der Waals surface area contributed by atoms with Gasteiger partial charge in [0.2, 0.25) is 0 Å². The van der Waals surface area contributed by atoms with Crippen molar-refractivity contribution in [3.63, 3.8) is 0 Å². The standard InChI is InChI=1S/C27H29NO2/c1-20-4-6-21(7-5-20)22-8-10-23(11-9-22)24-12-14-25(15-13-24)26(29)27(2,3)28-16-18-30-19-17-28/h4-15H,16-19H2,1-3H3. The van der Waals surface area contributed by atoms with E-state index in [2.05, 4.69) is 60.4 Å². The van der Waals surface area contributed by atoms with E-state index in [0.29, 0.717) is 13.2 Å². The fourth-order valence-electron chi connectivity index (χ4n) is 4.03. The van der Waals surface area contributed by atoms with Gasteiger partial charge in [-0.15, -0.1) is 0 Å². The lowest BCUT2D eigenvalue weighted by Gasteiger charge is -2.39. The van der Waals surface area contributed by atoms with Crippen LogP contribution >= 0.6 is 0 Å². The third kappa shape index (κ3) is 4.23. The van der Waals surface area contributed by atoms with Gasteiger partial charge in [-0.2, -0.15) is 0 Å². The lowest BCUT2D eigenvalue weighted by molar-refractivity contribution is -0.00429. The molecule has 3 aromatic rings. The van der Waals surface area contributed by atoms with Crippen molar-refractivity contribution in [3.05, 3.63) is 83.9 Å². The van der Waals surface area contributed by atoms with Crippen LogP contribution in [-0.2, 0) is 4.74 Å². The van der Waals surface area contributed by atoms with E-state index in [1.54, 1.807) is 0 Å². The molecule has 3 heteroatoms. The molecule has 1 saturated heterocycles. The Morgan fingerprint density at radius 2 is 1.13 bits per heavy atom. The first kappa shape index (κ1) is 20.5. The molecule has 0 aliphatic carbocycles. The third-order valence-electron chi connectivity index (χ3n) is 6.11. The quantitative estimate of drug-likeness (QED) is 0.521. The molecule has 0 aromatic heterocycles. The number of carbonyl (C=O) groups is 1. The summed E-state index contributed by atoms with van der Waals surface area (Å²) in [6.07, 6.45) is 0. The molecule has 3 aromatic carbocycles. The second kappa shape index (κ2) is 8.55. The lowest BCUT2D eigenvalue weighted by atomic mass is 9.90. The summed E-state index contributed by atoms with van der Waals surface area (Å²) in [5.74, 6) is 0.158. The summed E-state index contributed by atoms with van der Waals surface area (Å²) in [6.45, 7) is 9.09. The number of hydrogen-bond donors (Lipinski definition) is 0. The van der Waals surface area contributed by atoms with E-state index in [1.807, 2.05) is 38.1 Å². The number of Topliss-reactive ketones (excluding diaryl/α,β-unsaturated/α-hetero) is 1. The van der Waals surface area contributed by atoms with Crippen molar-refractivity contribution < 1.29 is 9.53 Å². The van der Waals surface area contributed by atoms with Crippen LogP contribution in [0, 0.1) is 6.92 Å². The maximum absolute atomic E-state index is 13.2. The zero-order valence-corrected chi connectivity index (χ0v) is 18.0. The van der Waals surface area contributed by atoms with Crippen molar-refractivity contribution in [2.75, 3.05) is 26.3 Å². The zero-order valence-electron chi connectivity index (χ0n) is 18.0. The van der Waals surface area contributed by atoms with Crippen LogP contribution in [0.25, 0.3) is 22.3 Å². The number of aryl methyl sites for hydroxylation is 1. The summed E-state index contributed by atoms with van der Waals surface area (Å²) in [6, 6.07) is 25.2. The minimum atomic E-state index is -0.527. The Labute approximate surface area is 179 Å². The van der Waals surface area contributed by atoms with Crippen molar-refractivity contribution in [1.29, 1.82) is 0 Å². The van der Waals surface area contributed by atoms with Gasteiger partial charge in [-0.25, -0.2) is 0 Å². The van der Waals surface area contributed by atoms with Gasteiger partial charge in [-0.05, 0) is 43.0 Å². The topological polar surface area (TPSA) is 29.5 Å². The van der Waals surface area contributed by atoms with Gasteiger partial charge < -0.3 is 4.74 Å². The largest absolute Gasteiger partial charge is 0.379 e. The zero-order chi connectivity index (χ0) is 21.1. The van der Waals surface area contributed by atoms with Gasteiger partial charge in [0, 0.05) is 18.7 Å². The Hall–Kier alpha value is -2.75. The summed E-state index contributed by atoms with van der Waals surface area (Å²) in [7, 11) is 0. The number of rotatable bonds is 5. The SMILES string of the molecule is Cc1ccc(-c2ccc(-c3ccc(C(=O)C(C)(C)N4CCOCC4)cc3)cc2)cc1. The second-order valence-electron chi connectivity index (χ2n) is 8.51. The van der Waals surface area contributed by atoms with Crippen LogP contribution in [-0.4, -0.2) is 42.5 Å². The normalized spacial score (nSPS) is 15.2. The molecule has 1 aliphatic rings. The predicted octanol–water partition coefficient (Wildman–Crippen LogP) is 5.62. The van der Waals surface area contributed by atoms with E-state index in [4.69, 9.17) is 4.74 Å². The molecule has 30 heavy (non-hydrogen) atoms. The highest BCUT2D eigenvalue weighted by molar-refractivity contribution is 6.03. The first-order chi connectivity index (χ1) is 14.4. The summed E-state index contributed by atoms with van der Waals surface area (Å²) in [4.78, 5) is 15.4. The van der Waals surface area contributed by atoms with Gasteiger partial charge in [-0.1, -0.05) is 78.4 Å². The third-order valence-corrected chi connectivity index (χ3v) is 6.11. The molecule has 0 radical (unpaired) electrons. The van der Waals surface area contributed by atoms with E-state index in [9.17, 15) is 4.79 Å². The smallest absolute Gasteiger partial charge is 0.182 e. The van der Waals surface area contributed by atoms with Crippen LogP contribution in [0.3, 0.4) is 0 Å². The Balaban J connectivity index is 1.50. The molecule has 0 amide bonds. The second-order valence-corrected chi connectivity index (χ2v) is 8.51. The molecule has 1 heterocycles. The number of morpholine rings is 1. The molecule has 0 atom stereocenters. The van der Waals surface area contributed by atoms with Crippen LogP contribution in [0.15, 0.2) is 72.8 Å². The average molecular weight is 400 g/mol. The van der Waals surface area contributed by atoms with Gasteiger partial charge in [0.05, 0.1) is 18.8 Å². The predicted molar refractivity (Wildman–Crippen MR) is 123 cm³/mol. The maximum atomic E-state index is 13.2. The number of hydrogen-bond acceptors (Lipinski definition) is 3. The van der Waals surface area contributed by atoms with E-state index < -0.39 is 5.54 Å². The number of ketones is 1. The molecule has 4 rings (SSSR count). The van der Waals surface area contributed by atoms with Gasteiger partial charge in [0.1, 0.15) is 0 Å². The molecular formula is C27H29NO2. The Morgan fingerprint density at radius 1 is 0.733 bits per heavy atom. The van der Waals surface area contributed by atoms with Crippen LogP contribution in [0.4, 0.5) is 0 Å². The summed E-state index contributed by atoms with van der Waals surface area (Å²) in [5.41, 5.74) is 6.19. The Kier molecular flexibility index (Phi) is 5.85. The number of carbonyl (C=O) groups excluding carboxylic acids is 1. The monoisotopic (exact) mass is 399 g/mol. The average Bonchev–Trinajstić information content (AvgIpc) is 2.80. The van der Waals surface area contributed by atoms with Crippen molar-refractivity contribution in [3.8, 4) is 22.3 Å². The van der Waals surface area contributed by atoms with Gasteiger partial charge in [-0.3, -0.25) is 9.69 Å². The van der Waals surface area contributed by atoms with Gasteiger partial charge in [0.25, 0.3) is 0 Å². The number of ether oxygens (including phenoxy) is 1. The molecule has 1 fully saturated rings. The fraction of sp³-hybridized carbons (Fsp3) is 0.296. The molecule has 1 aliphatic heterocycles. The number of nitrogens with zero attached hydrogens (tertiary/aromatic N) is 1. The van der Waals surface area contributed by atoms with E-state index >= 15 is 0 Å². The molecule has 0 N–H and O–H groups in total. The molecule has 154 valence electrons. The summed E-state index contributed by atoms with van der Waals surface area (Å²) >= 11 is 0. The summed E-state index contributed by atoms with van der Waals surface area (Å²) in [5, 5.41) is 0. The fourth-order valence-corrected chi connectivity index (χ4v) is 4.03. The van der Waals surface area contributed by atoms with Crippen molar-refractivity contribution in [2.45, 2.75) is 26.3 Å². The van der Waals surface area contributed by atoms with Gasteiger partial charge in [0.15, 0.2) is 5.78 Å². The van der Waals surface area contributed by atoms with Crippen LogP contribution < -0.4 is 0 Å². The Bertz CT molecular complexity index is 996. The molecule has 0 spiro atoms. The first-order valence-corrected chi connectivity index (χ1v) is 10.6. The molecule has 0 unspecified atom stereocenters. The highest BCUT2D eigenvalue weighted by atomic mass is 16.5. The highest BCUT2D eigenvalue weighted by Crippen LogP contribution is 2.27. The lowest BCUT2D eigenvalue weighted by Crippen LogP contribution is -2.54. The molecule has 0 saturated carbocycles. The van der Waals surface area contributed by atoms with Crippen LogP contribution in [0.1, 0.15) is 29.8 Å². The minimum Gasteiger partial charge on any atom is -0.379 e. The Morgan fingerprint density at radius 3 is 1.60 bits per heavy atom. The molecular weight excluding hydrogens is 370 g/mol. The number of benzene rings is 3.